The van der Waals surface area contributed by atoms with E-state index in [0.29, 0.717) is 6.54 Å². The van der Waals surface area contributed by atoms with Crippen molar-refractivity contribution in [3.8, 4) is 17.0 Å². The van der Waals surface area contributed by atoms with Crippen LogP contribution in [0, 0.1) is 0 Å². The van der Waals surface area contributed by atoms with Gasteiger partial charge in [-0.25, -0.2) is 0 Å². The van der Waals surface area contributed by atoms with Crippen molar-refractivity contribution in [3.63, 3.8) is 0 Å². The zero-order valence-electron chi connectivity index (χ0n) is 12.6. The van der Waals surface area contributed by atoms with Crippen molar-refractivity contribution in [1.29, 1.82) is 0 Å². The van der Waals surface area contributed by atoms with Gasteiger partial charge in [0.25, 0.3) is 5.56 Å². The minimum atomic E-state index is -0.0533. The summed E-state index contributed by atoms with van der Waals surface area (Å²) in [7, 11) is 1.63. The second-order valence-corrected chi connectivity index (χ2v) is 4.96. The van der Waals surface area contributed by atoms with Crippen LogP contribution in [0.15, 0.2) is 41.2 Å². The summed E-state index contributed by atoms with van der Waals surface area (Å²) in [6, 6.07) is 11.5. The van der Waals surface area contributed by atoms with Crippen LogP contribution in [0.1, 0.15) is 25.3 Å². The zero-order chi connectivity index (χ0) is 15.1. The van der Waals surface area contributed by atoms with E-state index in [1.165, 1.54) is 0 Å². The Kier molecular flexibility index (Phi) is 5.58. The van der Waals surface area contributed by atoms with Crippen molar-refractivity contribution in [3.05, 3.63) is 52.3 Å². The smallest absolute Gasteiger partial charge is 0.252 e. The number of ether oxygens (including phenoxy) is 1. The largest absolute Gasteiger partial charge is 0.496 e. The van der Waals surface area contributed by atoms with Crippen molar-refractivity contribution in [2.24, 2.45) is 0 Å². The molecular formula is C17H22N2O2. The van der Waals surface area contributed by atoms with Gasteiger partial charge in [0, 0.05) is 17.7 Å². The highest BCUT2D eigenvalue weighted by atomic mass is 16.5. The van der Waals surface area contributed by atoms with Crippen molar-refractivity contribution >= 4 is 0 Å². The molecule has 4 heteroatoms. The molecule has 2 N–H and O–H groups in total. The number of hydrogen-bond donors (Lipinski definition) is 2. The highest BCUT2D eigenvalue weighted by molar-refractivity contribution is 5.66. The number of aromatic nitrogens is 1. The number of para-hydroxylation sites is 1. The SMILES string of the molecule is CCCCNCc1ccc(-c2ccccc2OC)[nH]c1=O. The minimum Gasteiger partial charge on any atom is -0.496 e. The highest BCUT2D eigenvalue weighted by Gasteiger charge is 2.07. The first-order valence-corrected chi connectivity index (χ1v) is 7.32. The van der Waals surface area contributed by atoms with Gasteiger partial charge in [-0.3, -0.25) is 4.79 Å². The summed E-state index contributed by atoms with van der Waals surface area (Å²) in [4.78, 5) is 15.1. The van der Waals surface area contributed by atoms with Gasteiger partial charge in [-0.05, 0) is 31.2 Å². The van der Waals surface area contributed by atoms with E-state index in [1.807, 2.05) is 36.4 Å². The molecule has 0 fully saturated rings. The Bertz CT molecular complexity index is 635. The van der Waals surface area contributed by atoms with Gasteiger partial charge in [0.15, 0.2) is 0 Å². The second-order valence-electron chi connectivity index (χ2n) is 4.96. The Labute approximate surface area is 125 Å². The molecule has 0 saturated heterocycles. The fraction of sp³-hybridized carbons (Fsp3) is 0.353. The molecule has 0 saturated carbocycles. The molecule has 1 aromatic carbocycles. The minimum absolute atomic E-state index is 0.0533. The Morgan fingerprint density at radius 3 is 2.71 bits per heavy atom. The molecule has 0 unspecified atom stereocenters. The quantitative estimate of drug-likeness (QED) is 0.769. The van der Waals surface area contributed by atoms with Crippen LogP contribution >= 0.6 is 0 Å². The maximum atomic E-state index is 12.1. The van der Waals surface area contributed by atoms with E-state index in [1.54, 1.807) is 7.11 Å². The van der Waals surface area contributed by atoms with Gasteiger partial charge in [-0.15, -0.1) is 0 Å². The number of methoxy groups -OCH3 is 1. The number of H-pyrrole nitrogens is 1. The van der Waals surface area contributed by atoms with Crippen molar-refractivity contribution in [2.75, 3.05) is 13.7 Å². The third kappa shape index (κ3) is 3.95. The second kappa shape index (κ2) is 7.64. The van der Waals surface area contributed by atoms with Crippen LogP contribution in [-0.4, -0.2) is 18.6 Å². The molecule has 0 aliphatic rings. The zero-order valence-corrected chi connectivity index (χ0v) is 12.6. The number of pyridine rings is 1. The van der Waals surface area contributed by atoms with E-state index in [4.69, 9.17) is 4.74 Å². The van der Waals surface area contributed by atoms with Crippen LogP contribution in [-0.2, 0) is 6.54 Å². The van der Waals surface area contributed by atoms with E-state index in [-0.39, 0.29) is 5.56 Å². The van der Waals surface area contributed by atoms with E-state index < -0.39 is 0 Å². The summed E-state index contributed by atoms with van der Waals surface area (Å²) in [6.07, 6.45) is 2.27. The van der Waals surface area contributed by atoms with Crippen LogP contribution in [0.25, 0.3) is 11.3 Å². The molecule has 4 nitrogen and oxygen atoms in total. The van der Waals surface area contributed by atoms with Crippen LogP contribution in [0.3, 0.4) is 0 Å². The third-order valence-corrected chi connectivity index (χ3v) is 3.41. The maximum Gasteiger partial charge on any atom is 0.252 e. The first-order chi connectivity index (χ1) is 10.3. The van der Waals surface area contributed by atoms with Gasteiger partial charge in [-0.1, -0.05) is 31.5 Å². The van der Waals surface area contributed by atoms with Crippen LogP contribution < -0.4 is 15.6 Å². The number of aromatic amines is 1. The van der Waals surface area contributed by atoms with Crippen LogP contribution in [0.5, 0.6) is 5.75 Å². The molecule has 2 rings (SSSR count). The lowest BCUT2D eigenvalue weighted by Crippen LogP contribution is -2.21. The molecule has 0 aliphatic carbocycles. The summed E-state index contributed by atoms with van der Waals surface area (Å²) in [6.45, 7) is 3.68. The Balaban J connectivity index is 2.17. The molecular weight excluding hydrogens is 264 g/mol. The first-order valence-electron chi connectivity index (χ1n) is 7.32. The molecule has 112 valence electrons. The molecule has 0 atom stereocenters. The number of hydrogen-bond acceptors (Lipinski definition) is 3. The molecule has 1 heterocycles. The topological polar surface area (TPSA) is 54.1 Å². The van der Waals surface area contributed by atoms with Crippen molar-refractivity contribution in [1.82, 2.24) is 10.3 Å². The number of nitrogens with one attached hydrogen (secondary N) is 2. The average Bonchev–Trinajstić information content (AvgIpc) is 2.52. The van der Waals surface area contributed by atoms with Crippen molar-refractivity contribution < 1.29 is 4.74 Å². The maximum absolute atomic E-state index is 12.1. The van der Waals surface area contributed by atoms with Gasteiger partial charge in [-0.2, -0.15) is 0 Å². The molecule has 2 aromatic rings. The predicted octanol–water partition coefficient (Wildman–Crippen LogP) is 2.94. The van der Waals surface area contributed by atoms with Gasteiger partial charge in [0.2, 0.25) is 0 Å². The summed E-state index contributed by atoms with van der Waals surface area (Å²) < 4.78 is 5.33. The lowest BCUT2D eigenvalue weighted by Gasteiger charge is -2.09. The molecule has 0 amide bonds. The van der Waals surface area contributed by atoms with Gasteiger partial charge in [0.05, 0.1) is 12.8 Å². The van der Waals surface area contributed by atoms with Crippen molar-refractivity contribution in [2.45, 2.75) is 26.3 Å². The number of unbranched alkanes of at least 4 members (excludes halogenated alkanes) is 1. The normalized spacial score (nSPS) is 10.6. The summed E-state index contributed by atoms with van der Waals surface area (Å²) in [5.41, 5.74) is 2.37. The molecule has 1 aromatic heterocycles. The fourth-order valence-electron chi connectivity index (χ4n) is 2.19. The summed E-state index contributed by atoms with van der Waals surface area (Å²) >= 11 is 0. The summed E-state index contributed by atoms with van der Waals surface area (Å²) in [5, 5.41) is 3.28. The first kappa shape index (κ1) is 15.3. The Morgan fingerprint density at radius 1 is 1.19 bits per heavy atom. The molecule has 21 heavy (non-hydrogen) atoms. The average molecular weight is 286 g/mol. The van der Waals surface area contributed by atoms with E-state index in [0.717, 1.165) is 42.0 Å². The molecule has 0 aliphatic heterocycles. The third-order valence-electron chi connectivity index (χ3n) is 3.41. The summed E-state index contributed by atoms with van der Waals surface area (Å²) in [5.74, 6) is 0.752. The number of rotatable bonds is 7. The van der Waals surface area contributed by atoms with E-state index in [2.05, 4.69) is 17.2 Å². The molecule has 0 bridgehead atoms. The predicted molar refractivity (Wildman–Crippen MR) is 85.7 cm³/mol. The van der Waals surface area contributed by atoms with E-state index >= 15 is 0 Å². The fourth-order valence-corrected chi connectivity index (χ4v) is 2.19. The standard InChI is InChI=1S/C17H22N2O2/c1-3-4-11-18-12-13-9-10-15(19-17(13)20)14-7-5-6-8-16(14)21-2/h5-10,18H,3-4,11-12H2,1-2H3,(H,19,20). The van der Waals surface area contributed by atoms with Gasteiger partial charge in [0.1, 0.15) is 5.75 Å². The number of benzene rings is 1. The highest BCUT2D eigenvalue weighted by Crippen LogP contribution is 2.27. The lowest BCUT2D eigenvalue weighted by atomic mass is 10.1. The van der Waals surface area contributed by atoms with Crippen LogP contribution in [0.4, 0.5) is 0 Å². The monoisotopic (exact) mass is 286 g/mol. The molecule has 0 radical (unpaired) electrons. The van der Waals surface area contributed by atoms with Gasteiger partial charge >= 0.3 is 0 Å². The van der Waals surface area contributed by atoms with Crippen LogP contribution in [0.2, 0.25) is 0 Å². The Morgan fingerprint density at radius 2 is 2.00 bits per heavy atom. The van der Waals surface area contributed by atoms with Gasteiger partial charge < -0.3 is 15.0 Å². The lowest BCUT2D eigenvalue weighted by molar-refractivity contribution is 0.416. The molecule has 0 spiro atoms. The Hall–Kier alpha value is -2.07. The van der Waals surface area contributed by atoms with E-state index in [9.17, 15) is 4.79 Å².